The van der Waals surface area contributed by atoms with Gasteiger partial charge in [-0.3, -0.25) is 0 Å². The Morgan fingerprint density at radius 2 is 1.79 bits per heavy atom. The minimum absolute atomic E-state index is 0.408. The van der Waals surface area contributed by atoms with Gasteiger partial charge in [-0.1, -0.05) is 49.4 Å². The number of likely N-dealkylation sites (tertiary alicyclic amines) is 1. The van der Waals surface area contributed by atoms with Gasteiger partial charge in [-0.05, 0) is 60.9 Å². The van der Waals surface area contributed by atoms with E-state index in [0.717, 1.165) is 17.5 Å². The molecule has 0 bridgehead atoms. The highest BCUT2D eigenvalue weighted by Gasteiger charge is 2.67. The molecular formula is C22H28N2. The molecule has 2 unspecified atom stereocenters. The van der Waals surface area contributed by atoms with Crippen molar-refractivity contribution < 1.29 is 0 Å². The first-order chi connectivity index (χ1) is 11.7. The van der Waals surface area contributed by atoms with Crippen LogP contribution in [0.3, 0.4) is 0 Å². The van der Waals surface area contributed by atoms with Gasteiger partial charge in [-0.25, -0.2) is 0 Å². The highest BCUT2D eigenvalue weighted by atomic mass is 15.2. The van der Waals surface area contributed by atoms with Crippen molar-refractivity contribution in [3.63, 3.8) is 0 Å². The second kappa shape index (κ2) is 6.25. The number of nitrogens with two attached hydrogens (primary N) is 1. The van der Waals surface area contributed by atoms with Crippen LogP contribution in [0.4, 0.5) is 5.69 Å². The Morgan fingerprint density at radius 1 is 1.04 bits per heavy atom. The van der Waals surface area contributed by atoms with Crippen LogP contribution < -0.4 is 5.73 Å². The average molecular weight is 320 g/mol. The molecule has 1 saturated carbocycles. The van der Waals surface area contributed by atoms with Crippen LogP contribution in [0.15, 0.2) is 54.6 Å². The van der Waals surface area contributed by atoms with Crippen molar-refractivity contribution in [2.75, 3.05) is 25.4 Å². The SMILES string of the molecule is CCC1(c2cccc(N)c2)C2CN(CCCc3ccccc3)CC21. The van der Waals surface area contributed by atoms with E-state index in [1.807, 2.05) is 6.07 Å². The fraction of sp³-hybridized carbons (Fsp3) is 0.455. The van der Waals surface area contributed by atoms with Crippen LogP contribution in [0.1, 0.15) is 30.9 Å². The van der Waals surface area contributed by atoms with E-state index in [2.05, 4.69) is 60.4 Å². The lowest BCUT2D eigenvalue weighted by molar-refractivity contribution is 0.266. The van der Waals surface area contributed by atoms with Crippen LogP contribution in [-0.2, 0) is 11.8 Å². The van der Waals surface area contributed by atoms with Crippen molar-refractivity contribution in [3.8, 4) is 0 Å². The predicted octanol–water partition coefficient (Wildman–Crippen LogP) is 4.11. The van der Waals surface area contributed by atoms with E-state index < -0.39 is 0 Å². The number of hydrogen-bond donors (Lipinski definition) is 1. The summed E-state index contributed by atoms with van der Waals surface area (Å²) in [7, 11) is 0. The van der Waals surface area contributed by atoms with Gasteiger partial charge in [0.2, 0.25) is 0 Å². The number of aryl methyl sites for hydroxylation is 1. The first-order valence-corrected chi connectivity index (χ1v) is 9.36. The summed E-state index contributed by atoms with van der Waals surface area (Å²) in [5.41, 5.74) is 10.3. The van der Waals surface area contributed by atoms with Gasteiger partial charge in [0, 0.05) is 24.2 Å². The zero-order valence-electron chi connectivity index (χ0n) is 14.6. The molecule has 2 fully saturated rings. The summed E-state index contributed by atoms with van der Waals surface area (Å²) in [4.78, 5) is 2.68. The third-order valence-electron chi connectivity index (χ3n) is 6.40. The van der Waals surface area contributed by atoms with E-state index in [4.69, 9.17) is 5.73 Å². The lowest BCUT2D eigenvalue weighted by Crippen LogP contribution is -2.31. The van der Waals surface area contributed by atoms with Gasteiger partial charge in [0.1, 0.15) is 0 Å². The third-order valence-corrected chi connectivity index (χ3v) is 6.40. The molecule has 2 nitrogen and oxygen atoms in total. The molecule has 2 aromatic carbocycles. The molecule has 2 aromatic rings. The molecule has 24 heavy (non-hydrogen) atoms. The van der Waals surface area contributed by atoms with E-state index in [0.29, 0.717) is 5.41 Å². The van der Waals surface area contributed by atoms with Crippen LogP contribution in [0.2, 0.25) is 0 Å². The quantitative estimate of drug-likeness (QED) is 0.812. The van der Waals surface area contributed by atoms with Gasteiger partial charge in [-0.15, -0.1) is 0 Å². The van der Waals surface area contributed by atoms with E-state index >= 15 is 0 Å². The predicted molar refractivity (Wildman–Crippen MR) is 101 cm³/mol. The van der Waals surface area contributed by atoms with Crippen LogP contribution in [0.25, 0.3) is 0 Å². The molecule has 2 heteroatoms. The van der Waals surface area contributed by atoms with E-state index in [9.17, 15) is 0 Å². The summed E-state index contributed by atoms with van der Waals surface area (Å²) in [6, 6.07) is 19.5. The first-order valence-electron chi connectivity index (χ1n) is 9.36. The largest absolute Gasteiger partial charge is 0.399 e. The number of nitrogens with zero attached hydrogens (tertiary/aromatic N) is 1. The summed E-state index contributed by atoms with van der Waals surface area (Å²) >= 11 is 0. The van der Waals surface area contributed by atoms with Crippen LogP contribution >= 0.6 is 0 Å². The maximum absolute atomic E-state index is 6.03. The van der Waals surface area contributed by atoms with Gasteiger partial charge in [0.25, 0.3) is 0 Å². The van der Waals surface area contributed by atoms with Crippen molar-refractivity contribution in [3.05, 3.63) is 65.7 Å². The highest BCUT2D eigenvalue weighted by molar-refractivity contribution is 5.48. The molecule has 1 saturated heterocycles. The Bertz CT molecular complexity index is 682. The summed E-state index contributed by atoms with van der Waals surface area (Å²) in [6.45, 7) is 6.12. The number of anilines is 1. The minimum atomic E-state index is 0.408. The molecule has 0 spiro atoms. The lowest BCUT2D eigenvalue weighted by Gasteiger charge is -2.26. The van der Waals surface area contributed by atoms with Crippen molar-refractivity contribution in [1.29, 1.82) is 0 Å². The van der Waals surface area contributed by atoms with Crippen molar-refractivity contribution in [1.82, 2.24) is 4.90 Å². The number of hydrogen-bond acceptors (Lipinski definition) is 2. The molecule has 126 valence electrons. The summed E-state index contributed by atoms with van der Waals surface area (Å²) in [5, 5.41) is 0. The Hall–Kier alpha value is -1.80. The molecule has 4 rings (SSSR count). The summed E-state index contributed by atoms with van der Waals surface area (Å²) in [5.74, 6) is 1.67. The first kappa shape index (κ1) is 15.7. The fourth-order valence-corrected chi connectivity index (χ4v) is 5.13. The van der Waals surface area contributed by atoms with E-state index in [1.54, 1.807) is 0 Å². The van der Waals surface area contributed by atoms with Crippen molar-refractivity contribution >= 4 is 5.69 Å². The smallest absolute Gasteiger partial charge is 0.0316 e. The topological polar surface area (TPSA) is 29.3 Å². The number of benzene rings is 2. The number of fused-ring (bicyclic) bond motifs is 1. The standard InChI is InChI=1S/C22H28N2/c1-2-22(18-11-6-12-19(23)14-18)20-15-24(16-21(20)22)13-7-10-17-8-4-3-5-9-17/h3-6,8-9,11-12,14,20-21H,2,7,10,13,15-16,23H2,1H3. The van der Waals surface area contributed by atoms with Crippen molar-refractivity contribution in [2.45, 2.75) is 31.6 Å². The molecule has 2 N–H and O–H groups in total. The average Bonchev–Trinajstić information content (AvgIpc) is 2.99. The zero-order chi connectivity index (χ0) is 16.6. The van der Waals surface area contributed by atoms with Gasteiger partial charge in [-0.2, -0.15) is 0 Å². The molecule has 0 aromatic heterocycles. The fourth-order valence-electron chi connectivity index (χ4n) is 5.13. The Balaban J connectivity index is 1.33. The number of rotatable bonds is 6. The molecular weight excluding hydrogens is 292 g/mol. The van der Waals surface area contributed by atoms with Gasteiger partial charge in [0.15, 0.2) is 0 Å². The van der Waals surface area contributed by atoms with Crippen LogP contribution in [0.5, 0.6) is 0 Å². The van der Waals surface area contributed by atoms with Crippen LogP contribution in [-0.4, -0.2) is 24.5 Å². The monoisotopic (exact) mass is 320 g/mol. The van der Waals surface area contributed by atoms with E-state index in [1.165, 1.54) is 50.0 Å². The molecule has 1 aliphatic heterocycles. The van der Waals surface area contributed by atoms with Gasteiger partial charge >= 0.3 is 0 Å². The van der Waals surface area contributed by atoms with E-state index in [-0.39, 0.29) is 0 Å². The molecule has 1 aliphatic carbocycles. The van der Waals surface area contributed by atoms with Crippen LogP contribution in [0, 0.1) is 11.8 Å². The molecule has 0 amide bonds. The van der Waals surface area contributed by atoms with Gasteiger partial charge < -0.3 is 10.6 Å². The normalized spacial score (nSPS) is 28.7. The number of nitrogen functional groups attached to an aromatic ring is 1. The minimum Gasteiger partial charge on any atom is -0.399 e. The van der Waals surface area contributed by atoms with Gasteiger partial charge in [0.05, 0.1) is 0 Å². The molecule has 0 radical (unpaired) electrons. The second-order valence-corrected chi connectivity index (χ2v) is 7.58. The summed E-state index contributed by atoms with van der Waals surface area (Å²) in [6.07, 6.45) is 3.70. The highest BCUT2D eigenvalue weighted by Crippen LogP contribution is 2.65. The molecule has 2 aliphatic rings. The Morgan fingerprint density at radius 3 is 2.46 bits per heavy atom. The Labute approximate surface area is 145 Å². The number of piperidine rings is 1. The maximum Gasteiger partial charge on any atom is 0.0316 e. The van der Waals surface area contributed by atoms with Crippen molar-refractivity contribution in [2.24, 2.45) is 11.8 Å². The summed E-state index contributed by atoms with van der Waals surface area (Å²) < 4.78 is 0. The second-order valence-electron chi connectivity index (χ2n) is 7.58. The Kier molecular flexibility index (Phi) is 4.09. The lowest BCUT2D eigenvalue weighted by atomic mass is 9.87. The maximum atomic E-state index is 6.03. The molecule has 2 atom stereocenters. The third kappa shape index (κ3) is 2.63. The zero-order valence-corrected chi connectivity index (χ0v) is 14.6. The molecule has 1 heterocycles.